The SMILES string of the molecule is Nn1nc2c(n1)CCN(CC=Cc1ccccn1)CC2. The molecular formula is C14H18N6. The van der Waals surface area contributed by atoms with E-state index in [9.17, 15) is 0 Å². The van der Waals surface area contributed by atoms with Gasteiger partial charge in [-0.05, 0) is 18.2 Å². The van der Waals surface area contributed by atoms with Crippen LogP contribution in [0.4, 0.5) is 0 Å². The number of rotatable bonds is 3. The highest BCUT2D eigenvalue weighted by atomic mass is 15.6. The van der Waals surface area contributed by atoms with Gasteiger partial charge in [-0.2, -0.15) is 0 Å². The van der Waals surface area contributed by atoms with Gasteiger partial charge in [0, 0.05) is 38.7 Å². The fraction of sp³-hybridized carbons (Fsp3) is 0.357. The summed E-state index contributed by atoms with van der Waals surface area (Å²) in [7, 11) is 0. The molecule has 6 heteroatoms. The summed E-state index contributed by atoms with van der Waals surface area (Å²) in [5.41, 5.74) is 3.05. The maximum Gasteiger partial charge on any atom is 0.0894 e. The van der Waals surface area contributed by atoms with Crippen molar-refractivity contribution in [3.8, 4) is 0 Å². The van der Waals surface area contributed by atoms with Gasteiger partial charge in [-0.3, -0.25) is 9.88 Å². The second kappa shape index (κ2) is 5.83. The van der Waals surface area contributed by atoms with Crippen molar-refractivity contribution in [3.05, 3.63) is 47.6 Å². The highest BCUT2D eigenvalue weighted by Gasteiger charge is 2.17. The minimum atomic E-state index is 0.907. The van der Waals surface area contributed by atoms with Crippen LogP contribution < -0.4 is 5.84 Å². The molecule has 2 aromatic rings. The van der Waals surface area contributed by atoms with Crippen molar-refractivity contribution in [1.29, 1.82) is 0 Å². The van der Waals surface area contributed by atoms with Gasteiger partial charge in [-0.25, -0.2) is 0 Å². The number of hydrogen-bond acceptors (Lipinski definition) is 5. The molecule has 0 amide bonds. The lowest BCUT2D eigenvalue weighted by Gasteiger charge is -2.16. The summed E-state index contributed by atoms with van der Waals surface area (Å²) in [6.45, 7) is 2.89. The topological polar surface area (TPSA) is 72.9 Å². The average Bonchev–Trinajstić information content (AvgIpc) is 2.72. The van der Waals surface area contributed by atoms with Gasteiger partial charge >= 0.3 is 0 Å². The summed E-state index contributed by atoms with van der Waals surface area (Å²) < 4.78 is 0. The fourth-order valence-corrected chi connectivity index (χ4v) is 2.39. The van der Waals surface area contributed by atoms with E-state index in [4.69, 9.17) is 5.84 Å². The van der Waals surface area contributed by atoms with Gasteiger partial charge in [0.15, 0.2) is 0 Å². The molecule has 0 unspecified atom stereocenters. The Morgan fingerprint density at radius 1 is 1.15 bits per heavy atom. The molecule has 0 fully saturated rings. The highest BCUT2D eigenvalue weighted by Crippen LogP contribution is 2.11. The standard InChI is InChI=1S/C14H18N6/c15-20-17-13-6-10-19(11-7-14(13)18-20)9-3-5-12-4-1-2-8-16-12/h1-5,8H,6-7,9-11,15H2. The maximum atomic E-state index is 5.55. The van der Waals surface area contributed by atoms with Crippen LogP contribution in [0, 0.1) is 0 Å². The summed E-state index contributed by atoms with van der Waals surface area (Å²) in [5, 5.41) is 8.40. The van der Waals surface area contributed by atoms with E-state index in [0.717, 1.165) is 49.6 Å². The van der Waals surface area contributed by atoms with Crippen LogP contribution >= 0.6 is 0 Å². The van der Waals surface area contributed by atoms with Gasteiger partial charge in [0.05, 0.1) is 17.1 Å². The molecule has 2 N–H and O–H groups in total. The first-order valence-corrected chi connectivity index (χ1v) is 6.81. The lowest BCUT2D eigenvalue weighted by molar-refractivity contribution is 0.316. The smallest absolute Gasteiger partial charge is 0.0894 e. The molecule has 3 heterocycles. The monoisotopic (exact) mass is 270 g/mol. The van der Waals surface area contributed by atoms with E-state index >= 15 is 0 Å². The summed E-state index contributed by atoms with van der Waals surface area (Å²) >= 11 is 0. The fourth-order valence-electron chi connectivity index (χ4n) is 2.39. The molecule has 0 aliphatic carbocycles. The Bertz CT molecular complexity index is 563. The van der Waals surface area contributed by atoms with Gasteiger partial charge in [-0.1, -0.05) is 17.0 Å². The molecule has 20 heavy (non-hydrogen) atoms. The van der Waals surface area contributed by atoms with Crippen LogP contribution in [-0.4, -0.2) is 44.6 Å². The van der Waals surface area contributed by atoms with Crippen molar-refractivity contribution in [2.24, 2.45) is 0 Å². The van der Waals surface area contributed by atoms with Crippen molar-refractivity contribution in [2.45, 2.75) is 12.8 Å². The molecule has 0 spiro atoms. The first-order chi connectivity index (χ1) is 9.81. The van der Waals surface area contributed by atoms with E-state index < -0.39 is 0 Å². The maximum absolute atomic E-state index is 5.55. The van der Waals surface area contributed by atoms with Gasteiger partial charge < -0.3 is 5.84 Å². The molecule has 0 atom stereocenters. The van der Waals surface area contributed by atoms with Crippen LogP contribution in [0.5, 0.6) is 0 Å². The lowest BCUT2D eigenvalue weighted by Crippen LogP contribution is -2.27. The number of hydrogen-bond donors (Lipinski definition) is 1. The number of aromatic nitrogens is 4. The first kappa shape index (κ1) is 12.8. The van der Waals surface area contributed by atoms with Gasteiger partial charge in [0.1, 0.15) is 0 Å². The number of fused-ring (bicyclic) bond motifs is 1. The van der Waals surface area contributed by atoms with E-state index in [2.05, 4.69) is 32.2 Å². The van der Waals surface area contributed by atoms with Crippen molar-refractivity contribution >= 4 is 6.08 Å². The Labute approximate surface area is 117 Å². The zero-order chi connectivity index (χ0) is 13.8. The zero-order valence-corrected chi connectivity index (χ0v) is 11.3. The van der Waals surface area contributed by atoms with Crippen LogP contribution in [0.1, 0.15) is 17.1 Å². The van der Waals surface area contributed by atoms with Crippen molar-refractivity contribution in [2.75, 3.05) is 25.5 Å². The van der Waals surface area contributed by atoms with Gasteiger partial charge in [0.2, 0.25) is 0 Å². The molecule has 3 rings (SSSR count). The Morgan fingerprint density at radius 3 is 2.55 bits per heavy atom. The lowest BCUT2D eigenvalue weighted by atomic mass is 10.2. The normalized spacial score (nSPS) is 16.2. The van der Waals surface area contributed by atoms with Crippen LogP contribution in [0.3, 0.4) is 0 Å². The van der Waals surface area contributed by atoms with E-state index in [0.29, 0.717) is 0 Å². The number of pyridine rings is 1. The number of nitrogens with zero attached hydrogens (tertiary/aromatic N) is 5. The van der Waals surface area contributed by atoms with E-state index in [-0.39, 0.29) is 0 Å². The van der Waals surface area contributed by atoms with Crippen molar-refractivity contribution in [1.82, 2.24) is 25.0 Å². The minimum Gasteiger partial charge on any atom is -0.306 e. The first-order valence-electron chi connectivity index (χ1n) is 6.81. The predicted molar refractivity (Wildman–Crippen MR) is 77.3 cm³/mol. The Morgan fingerprint density at radius 2 is 1.90 bits per heavy atom. The Kier molecular flexibility index (Phi) is 3.73. The van der Waals surface area contributed by atoms with Gasteiger partial charge in [0.25, 0.3) is 0 Å². The Hall–Kier alpha value is -2.21. The summed E-state index contributed by atoms with van der Waals surface area (Å²) in [6.07, 6.45) is 7.83. The Balaban J connectivity index is 1.55. The summed E-state index contributed by atoms with van der Waals surface area (Å²) in [4.78, 5) is 7.85. The molecule has 0 saturated carbocycles. The molecule has 6 nitrogen and oxygen atoms in total. The number of nitrogens with two attached hydrogens (primary N) is 1. The molecule has 0 radical (unpaired) electrons. The molecule has 2 aromatic heterocycles. The third-order valence-electron chi connectivity index (χ3n) is 3.45. The van der Waals surface area contributed by atoms with Crippen LogP contribution in [0.2, 0.25) is 0 Å². The minimum absolute atomic E-state index is 0.907. The van der Waals surface area contributed by atoms with Gasteiger partial charge in [-0.15, -0.1) is 10.2 Å². The van der Waals surface area contributed by atoms with Crippen LogP contribution in [-0.2, 0) is 12.8 Å². The van der Waals surface area contributed by atoms with Crippen molar-refractivity contribution in [3.63, 3.8) is 0 Å². The largest absolute Gasteiger partial charge is 0.306 e. The number of nitrogen functional groups attached to an aromatic ring is 1. The summed E-state index contributed by atoms with van der Waals surface area (Å²) in [5.74, 6) is 5.55. The molecule has 0 aromatic carbocycles. The predicted octanol–water partition coefficient (Wildman–Crippen LogP) is 0.501. The molecule has 0 bridgehead atoms. The van der Waals surface area contributed by atoms with Crippen molar-refractivity contribution < 1.29 is 0 Å². The second-order valence-corrected chi connectivity index (χ2v) is 4.87. The molecule has 0 saturated heterocycles. The third kappa shape index (κ3) is 3.03. The second-order valence-electron chi connectivity index (χ2n) is 4.87. The van der Waals surface area contributed by atoms with Crippen LogP contribution in [0.15, 0.2) is 30.5 Å². The summed E-state index contributed by atoms with van der Waals surface area (Å²) in [6, 6.07) is 5.92. The molecular weight excluding hydrogens is 252 g/mol. The van der Waals surface area contributed by atoms with Crippen LogP contribution in [0.25, 0.3) is 6.08 Å². The van der Waals surface area contributed by atoms with E-state index in [1.165, 1.54) is 4.91 Å². The molecule has 1 aliphatic rings. The zero-order valence-electron chi connectivity index (χ0n) is 11.3. The highest BCUT2D eigenvalue weighted by molar-refractivity contribution is 5.43. The van der Waals surface area contributed by atoms with E-state index in [1.807, 2.05) is 24.4 Å². The quantitative estimate of drug-likeness (QED) is 0.822. The average molecular weight is 270 g/mol. The molecule has 104 valence electrons. The molecule has 1 aliphatic heterocycles. The third-order valence-corrected chi connectivity index (χ3v) is 3.45. The van der Waals surface area contributed by atoms with E-state index in [1.54, 1.807) is 0 Å².